The number of sulfonamides is 1. The topological polar surface area (TPSA) is 250 Å². The fraction of sp³-hybridized carbons (Fsp3) is 0.537. The van der Waals surface area contributed by atoms with Gasteiger partial charge in [0.15, 0.2) is 23.0 Å². The molecule has 1 saturated carbocycles. The number of aromatic amines is 1. The number of para-hydroxylation sites is 1. The molecule has 8 aliphatic heterocycles. The van der Waals surface area contributed by atoms with Gasteiger partial charge < -0.3 is 62.9 Å². The summed E-state index contributed by atoms with van der Waals surface area (Å²) in [6.45, 7) is 15.5. The lowest BCUT2D eigenvalue weighted by atomic mass is 9.59. The highest BCUT2D eigenvalue weighted by Gasteiger charge is 2.51. The number of amides is 1. The molecule has 3 N–H and O–H groups in total. The third-order valence-electron chi connectivity index (χ3n) is 20.8. The number of morpholine rings is 1. The van der Waals surface area contributed by atoms with Gasteiger partial charge in [-0.25, -0.2) is 18.1 Å². The number of aromatic nitrogens is 3. The van der Waals surface area contributed by atoms with Gasteiger partial charge in [-0.15, -0.1) is 0 Å². The molecule has 6 fully saturated rings. The second-order valence-corrected chi connectivity index (χ2v) is 28.3. The lowest BCUT2D eigenvalue weighted by molar-refractivity contribution is -0.384. The van der Waals surface area contributed by atoms with Gasteiger partial charge in [0.1, 0.15) is 29.8 Å². The van der Waals surface area contributed by atoms with Crippen molar-refractivity contribution in [3.05, 3.63) is 111 Å². The molecular formula is C67H81N11O13S. The van der Waals surface area contributed by atoms with Crippen LogP contribution in [0.4, 0.5) is 34.3 Å². The largest absolute Gasteiger partial charge is 0.493 e. The van der Waals surface area contributed by atoms with Crippen LogP contribution in [0.5, 0.6) is 23.1 Å². The first-order valence-electron chi connectivity index (χ1n) is 32.7. The summed E-state index contributed by atoms with van der Waals surface area (Å²) in [4.78, 5) is 52.0. The van der Waals surface area contributed by atoms with Crippen LogP contribution in [0, 0.1) is 21.4 Å². The number of ether oxygens (including phenoxy) is 8. The summed E-state index contributed by atoms with van der Waals surface area (Å²) in [5.41, 5.74) is 5.77. The standard InChI is InChI=1S/C67H81N11O13S/c1-40(2)90-58-8-6-5-7-47(58)56-34-74(57-38-88-36-51-49(57)31-60(84-4)64(70-51)75-22-26-87-35-41(75)3)20-21-76(56)45-32-67(33-45)15-18-73(19-16-67)44-9-10-48(53(28-44)77-52-14-25-86-39-61(52)91-66-55(77)27-43-11-17-68-63(43)71-66)65(79)72-92(82,83)46-29-54(78(80)81)62-59(30-46)89-37-50(69-62)42-12-23-85-24-13-42/h5-11,17,27-31,40-42,45,50,52,56-57,61,69H,12-16,18-26,32-39H2,1-4H3,(H,68,71)(H,72,79)/t41-,50-,52-,56-,57+,61-/m0/s1. The minimum absolute atomic E-state index is 0.00202. The maximum atomic E-state index is 15.0. The number of nitrogens with one attached hydrogen (secondary N) is 3. The molecule has 488 valence electrons. The van der Waals surface area contributed by atoms with Gasteiger partial charge in [-0.3, -0.25) is 24.7 Å². The second kappa shape index (κ2) is 24.7. The first-order chi connectivity index (χ1) is 44.7. The normalized spacial score (nSPS) is 25.3. The minimum atomic E-state index is -4.74. The Balaban J connectivity index is 0.696. The number of H-pyrrole nitrogens is 1. The van der Waals surface area contributed by atoms with E-state index in [9.17, 15) is 18.5 Å². The van der Waals surface area contributed by atoms with Gasteiger partial charge in [0.25, 0.3) is 21.6 Å². The molecule has 6 atom stereocenters. The molecule has 92 heavy (non-hydrogen) atoms. The molecule has 11 heterocycles. The fourth-order valence-corrected chi connectivity index (χ4v) is 17.0. The molecular weight excluding hydrogens is 1200 g/mol. The lowest BCUT2D eigenvalue weighted by Crippen LogP contribution is -2.60. The summed E-state index contributed by atoms with van der Waals surface area (Å²) < 4.78 is 80.5. The van der Waals surface area contributed by atoms with E-state index in [1.807, 2.05) is 30.5 Å². The van der Waals surface area contributed by atoms with E-state index in [1.165, 1.54) is 11.6 Å². The number of carbonyl (C=O) groups excluding carboxylic acids is 1. The van der Waals surface area contributed by atoms with Crippen molar-refractivity contribution in [2.45, 2.75) is 126 Å². The fourth-order valence-electron chi connectivity index (χ4n) is 16.0. The minimum Gasteiger partial charge on any atom is -0.493 e. The van der Waals surface area contributed by atoms with Crippen LogP contribution in [0.1, 0.15) is 105 Å². The third kappa shape index (κ3) is 11.4. The third-order valence-corrected chi connectivity index (χ3v) is 22.1. The molecule has 0 unspecified atom stereocenters. The van der Waals surface area contributed by atoms with Crippen LogP contribution in [0.2, 0.25) is 0 Å². The van der Waals surface area contributed by atoms with Gasteiger partial charge in [0, 0.05) is 100 Å². The number of nitro benzene ring substituents is 1. The zero-order valence-electron chi connectivity index (χ0n) is 52.6. The number of fused-ring (bicyclic) bond motifs is 5. The molecule has 6 aromatic rings. The average Bonchev–Trinajstić information content (AvgIpc) is 0.921. The molecule has 3 aromatic heterocycles. The van der Waals surface area contributed by atoms with Crippen molar-refractivity contribution in [1.82, 2.24) is 29.5 Å². The number of nitrogens with zero attached hydrogens (tertiary/aromatic N) is 8. The van der Waals surface area contributed by atoms with E-state index in [4.69, 9.17) is 47.9 Å². The SMILES string of the molecule is COc1cc2c(nc1N1CCOC[C@@H]1C)COC[C@H]2N1CCN(C2CC3(CCN(c4ccc(C(=O)NS(=O)(=O)c5cc6c(c([N+](=O)[O-])c5)N[C@H](C5CCOCC5)CO6)c(N5c6cc7cc[nH]c7nc6O[C@H]6COCC[C@@H]65)c4)CC3)C2)[C@H](c2ccccc2OC(C)C)C1. The van der Waals surface area contributed by atoms with Crippen LogP contribution in [0.3, 0.4) is 0 Å². The van der Waals surface area contributed by atoms with Crippen LogP contribution >= 0.6 is 0 Å². The Morgan fingerprint density at radius 2 is 1.65 bits per heavy atom. The number of hydrogen-bond donors (Lipinski definition) is 3. The lowest BCUT2D eigenvalue weighted by Gasteiger charge is -2.58. The van der Waals surface area contributed by atoms with Gasteiger partial charge in [-0.05, 0) is 125 Å². The summed E-state index contributed by atoms with van der Waals surface area (Å²) >= 11 is 0. The summed E-state index contributed by atoms with van der Waals surface area (Å²) in [6, 6.07) is 22.5. The quantitative estimate of drug-likeness (QED) is 0.0681. The van der Waals surface area contributed by atoms with E-state index >= 15 is 4.79 Å². The summed E-state index contributed by atoms with van der Waals surface area (Å²) in [5.74, 6) is 2.14. The molecule has 0 radical (unpaired) electrons. The number of piperidine rings is 1. The first kappa shape index (κ1) is 60.7. The van der Waals surface area contributed by atoms with Crippen molar-refractivity contribution in [1.29, 1.82) is 0 Å². The predicted octanol–water partition coefficient (Wildman–Crippen LogP) is 8.67. The molecule has 1 amide bonds. The number of pyridine rings is 2. The van der Waals surface area contributed by atoms with Crippen LogP contribution in [0.25, 0.3) is 11.0 Å². The van der Waals surface area contributed by atoms with Crippen molar-refractivity contribution in [3.8, 4) is 23.1 Å². The van der Waals surface area contributed by atoms with Gasteiger partial charge in [0.05, 0.1) is 103 Å². The Labute approximate surface area is 535 Å². The van der Waals surface area contributed by atoms with Crippen molar-refractivity contribution >= 4 is 61.2 Å². The molecule has 9 aliphatic rings. The van der Waals surface area contributed by atoms with Crippen molar-refractivity contribution in [2.75, 3.05) is 119 Å². The van der Waals surface area contributed by atoms with Crippen molar-refractivity contribution in [2.24, 2.45) is 11.3 Å². The average molecular weight is 1280 g/mol. The Bertz CT molecular complexity index is 3890. The Hall–Kier alpha value is -7.52. The maximum Gasteiger partial charge on any atom is 0.297 e. The number of methoxy groups -OCH3 is 1. The summed E-state index contributed by atoms with van der Waals surface area (Å²) in [7, 11) is -3.00. The van der Waals surface area contributed by atoms with Crippen LogP contribution < -0.4 is 43.7 Å². The van der Waals surface area contributed by atoms with E-state index in [0.717, 1.165) is 124 Å². The number of rotatable bonds is 14. The van der Waals surface area contributed by atoms with Gasteiger partial charge in [-0.2, -0.15) is 4.98 Å². The predicted molar refractivity (Wildman–Crippen MR) is 343 cm³/mol. The van der Waals surface area contributed by atoms with E-state index in [2.05, 4.69) is 90.6 Å². The molecule has 24 nitrogen and oxygen atoms in total. The zero-order chi connectivity index (χ0) is 63.0. The molecule has 25 heteroatoms. The zero-order valence-corrected chi connectivity index (χ0v) is 53.4. The van der Waals surface area contributed by atoms with Crippen LogP contribution in [0.15, 0.2) is 83.9 Å². The Kier molecular flexibility index (Phi) is 16.3. The molecule has 0 bridgehead atoms. The summed E-state index contributed by atoms with van der Waals surface area (Å²) in [6.07, 6.45) is 7.47. The Morgan fingerprint density at radius 3 is 2.46 bits per heavy atom. The van der Waals surface area contributed by atoms with Gasteiger partial charge in [0.2, 0.25) is 5.88 Å². The van der Waals surface area contributed by atoms with E-state index in [-0.39, 0.29) is 77.9 Å². The molecule has 15 rings (SSSR count). The highest BCUT2D eigenvalue weighted by Crippen LogP contribution is 2.55. The number of carbonyl (C=O) groups is 1. The summed E-state index contributed by atoms with van der Waals surface area (Å²) in [5, 5.41) is 16.8. The highest BCUT2D eigenvalue weighted by molar-refractivity contribution is 7.90. The number of piperazine rings is 1. The molecule has 5 saturated heterocycles. The molecule has 3 aromatic carbocycles. The van der Waals surface area contributed by atoms with Gasteiger partial charge >= 0.3 is 0 Å². The van der Waals surface area contributed by atoms with Crippen molar-refractivity contribution < 1.29 is 56.0 Å². The molecule has 1 spiro atoms. The Morgan fingerprint density at radius 1 is 0.837 bits per heavy atom. The van der Waals surface area contributed by atoms with Crippen LogP contribution in [-0.2, 0) is 35.6 Å². The van der Waals surface area contributed by atoms with Crippen LogP contribution in [-0.4, -0.2) is 180 Å². The van der Waals surface area contributed by atoms with Crippen molar-refractivity contribution in [3.63, 3.8) is 0 Å². The smallest absolute Gasteiger partial charge is 0.297 e. The number of benzene rings is 3. The second-order valence-electron chi connectivity index (χ2n) is 26.6. The first-order valence-corrected chi connectivity index (χ1v) is 34.2. The number of hydrogen-bond acceptors (Lipinski definition) is 21. The number of nitro groups is 1. The van der Waals surface area contributed by atoms with E-state index in [1.54, 1.807) is 13.2 Å². The maximum absolute atomic E-state index is 15.0. The molecule has 1 aliphatic carbocycles. The van der Waals surface area contributed by atoms with E-state index < -0.39 is 37.5 Å². The highest BCUT2D eigenvalue weighted by atomic mass is 32.2. The van der Waals surface area contributed by atoms with E-state index in [0.29, 0.717) is 81.6 Å². The van der Waals surface area contributed by atoms with Gasteiger partial charge in [-0.1, -0.05) is 18.2 Å². The monoisotopic (exact) mass is 1280 g/mol. The number of anilines is 5.